The van der Waals surface area contributed by atoms with Crippen LogP contribution >= 0.6 is 0 Å². The van der Waals surface area contributed by atoms with Crippen LogP contribution in [0.25, 0.3) is 11.0 Å². The Morgan fingerprint density at radius 2 is 1.88 bits per heavy atom. The van der Waals surface area contributed by atoms with Crippen molar-refractivity contribution in [2.45, 2.75) is 52.0 Å². The summed E-state index contributed by atoms with van der Waals surface area (Å²) in [6.07, 6.45) is 2.14. The molecule has 0 amide bonds. The van der Waals surface area contributed by atoms with Gasteiger partial charge in [-0.25, -0.2) is 9.29 Å². The molecule has 0 aliphatic carbocycles. The van der Waals surface area contributed by atoms with Gasteiger partial charge in [0.25, 0.3) is 6.41 Å². The Bertz CT molecular complexity index is 1450. The predicted molar refractivity (Wildman–Crippen MR) is 155 cm³/mol. The van der Waals surface area contributed by atoms with Crippen molar-refractivity contribution in [1.82, 2.24) is 10.1 Å². The molecule has 1 aromatic heterocycles. The van der Waals surface area contributed by atoms with Crippen LogP contribution in [0.4, 0.5) is 4.39 Å². The zero-order valence-corrected chi connectivity index (χ0v) is 23.7. The number of halogens is 1. The number of ether oxygens (including phenoxy) is 3. The summed E-state index contributed by atoms with van der Waals surface area (Å²) >= 11 is 0. The van der Waals surface area contributed by atoms with Crippen LogP contribution in [-0.2, 0) is 16.2 Å². The number of oxime groups is 1. The lowest BCUT2D eigenvalue weighted by Gasteiger charge is -2.36. The molecule has 0 saturated carbocycles. The highest BCUT2D eigenvalue weighted by Crippen LogP contribution is 2.34. The molecular weight excluding hydrogens is 525 g/mol. The summed E-state index contributed by atoms with van der Waals surface area (Å²) in [6.45, 7) is 6.54. The Balaban J connectivity index is 1.19. The van der Waals surface area contributed by atoms with E-state index in [2.05, 4.69) is 22.1 Å². The molecule has 2 heterocycles. The number of rotatable bonds is 12. The first-order chi connectivity index (χ1) is 20.0. The number of hydrogen-bond acceptors (Lipinski definition) is 8. The van der Waals surface area contributed by atoms with Crippen molar-refractivity contribution >= 4 is 16.7 Å². The molecule has 216 valence electrons. The molecular formula is C32H36FN3O5. The average Bonchev–Trinajstić information content (AvgIpc) is 3.42. The number of hydrogen-bond donors (Lipinski definition) is 0. The molecule has 1 unspecified atom stereocenters. The number of nitrogens with zero attached hydrogens (tertiary/aromatic N) is 3. The Kier molecular flexibility index (Phi) is 9.48. The van der Waals surface area contributed by atoms with Crippen molar-refractivity contribution in [1.29, 1.82) is 0 Å². The smallest absolute Gasteiger partial charge is 0.262 e. The van der Waals surface area contributed by atoms with Crippen LogP contribution in [0.15, 0.2) is 76.4 Å². The second-order valence-electron chi connectivity index (χ2n) is 10.1. The molecule has 0 radical (unpaired) electrons. The Morgan fingerprint density at radius 1 is 1.07 bits per heavy atom. The van der Waals surface area contributed by atoms with E-state index in [4.69, 9.17) is 23.6 Å². The maximum absolute atomic E-state index is 13.6. The van der Waals surface area contributed by atoms with E-state index >= 15 is 0 Å². The van der Waals surface area contributed by atoms with Crippen molar-refractivity contribution in [3.8, 4) is 11.5 Å². The van der Waals surface area contributed by atoms with Gasteiger partial charge in [0.15, 0.2) is 5.58 Å². The third-order valence-corrected chi connectivity index (χ3v) is 7.18. The van der Waals surface area contributed by atoms with Crippen LogP contribution in [0.3, 0.4) is 0 Å². The van der Waals surface area contributed by atoms with Crippen LogP contribution in [0.1, 0.15) is 55.8 Å². The lowest BCUT2D eigenvalue weighted by Crippen LogP contribution is -2.46. The molecule has 0 spiro atoms. The number of benzene rings is 3. The van der Waals surface area contributed by atoms with Crippen LogP contribution < -0.4 is 9.47 Å². The highest BCUT2D eigenvalue weighted by atomic mass is 19.1. The van der Waals surface area contributed by atoms with Crippen molar-refractivity contribution < 1.29 is 28.0 Å². The summed E-state index contributed by atoms with van der Waals surface area (Å²) in [5, 5.41) is 9.11. The summed E-state index contributed by atoms with van der Waals surface area (Å²) in [4.78, 5) is 7.06. The minimum Gasteiger partial charge on any atom is -0.489 e. The normalized spacial score (nSPS) is 15.7. The first-order valence-electron chi connectivity index (χ1n) is 14.0. The molecule has 1 aliphatic heterocycles. The van der Waals surface area contributed by atoms with E-state index in [0.717, 1.165) is 71.8 Å². The lowest BCUT2D eigenvalue weighted by atomic mass is 9.92. The minimum absolute atomic E-state index is 0.232. The Hall–Kier alpha value is -3.95. The summed E-state index contributed by atoms with van der Waals surface area (Å²) < 4.78 is 37.5. The fraction of sp³-hybridized carbons (Fsp3) is 0.375. The van der Waals surface area contributed by atoms with Crippen LogP contribution in [0.5, 0.6) is 11.5 Å². The maximum atomic E-state index is 13.6. The van der Waals surface area contributed by atoms with E-state index < -0.39 is 6.41 Å². The summed E-state index contributed by atoms with van der Waals surface area (Å²) in [6, 6.07) is 20.2. The Labute approximate surface area is 239 Å². The Morgan fingerprint density at radius 3 is 2.63 bits per heavy atom. The molecule has 8 nitrogen and oxygen atoms in total. The van der Waals surface area contributed by atoms with Gasteiger partial charge in [0, 0.05) is 30.5 Å². The van der Waals surface area contributed by atoms with Gasteiger partial charge in [-0.05, 0) is 85.8 Å². The predicted octanol–water partition coefficient (Wildman–Crippen LogP) is 6.88. The van der Waals surface area contributed by atoms with E-state index in [1.807, 2.05) is 55.5 Å². The number of aromatic nitrogens is 1. The monoisotopic (exact) mass is 561 g/mol. The molecule has 5 rings (SSSR count). The fourth-order valence-corrected chi connectivity index (χ4v) is 5.02. The first-order valence-corrected chi connectivity index (χ1v) is 14.0. The topological polar surface area (TPSA) is 78.5 Å². The van der Waals surface area contributed by atoms with Gasteiger partial charge in [0.05, 0.1) is 18.0 Å². The van der Waals surface area contributed by atoms with Gasteiger partial charge in [-0.3, -0.25) is 0 Å². The third-order valence-electron chi connectivity index (χ3n) is 7.18. The SMILES string of the molecule is CCCOC(Oc1cccc(COc2ccc(C(C)=NOC)cc2)c1)N1CCC(c2noc3cc(F)ccc23)CC1. The highest BCUT2D eigenvalue weighted by Gasteiger charge is 2.30. The van der Waals surface area contributed by atoms with Gasteiger partial charge in [-0.1, -0.05) is 29.4 Å². The van der Waals surface area contributed by atoms with Crippen LogP contribution in [0.2, 0.25) is 0 Å². The van der Waals surface area contributed by atoms with Gasteiger partial charge in [0.1, 0.15) is 31.0 Å². The van der Waals surface area contributed by atoms with Gasteiger partial charge in [0.2, 0.25) is 0 Å². The van der Waals surface area contributed by atoms with E-state index in [0.29, 0.717) is 18.8 Å². The largest absolute Gasteiger partial charge is 0.489 e. The number of likely N-dealkylation sites (tertiary alicyclic amines) is 1. The van der Waals surface area contributed by atoms with Crippen molar-refractivity contribution in [3.05, 3.63) is 89.4 Å². The standard InChI is InChI=1S/C32H36FN3O5/c1-4-18-38-32(36-16-14-25(15-17-36)31-29-13-10-26(33)20-30(29)41-35-31)40-28-7-5-6-23(19-28)21-39-27-11-8-24(9-12-27)22(2)34-37-3/h5-13,19-20,25,32H,4,14-18,21H2,1-3H3. The molecule has 1 saturated heterocycles. The highest BCUT2D eigenvalue weighted by molar-refractivity contribution is 5.98. The van der Waals surface area contributed by atoms with Gasteiger partial charge >= 0.3 is 0 Å². The second kappa shape index (κ2) is 13.6. The minimum atomic E-state index is -0.500. The van der Waals surface area contributed by atoms with Crippen molar-refractivity contribution in [2.24, 2.45) is 5.16 Å². The molecule has 1 fully saturated rings. The van der Waals surface area contributed by atoms with E-state index in [9.17, 15) is 4.39 Å². The molecule has 41 heavy (non-hydrogen) atoms. The van der Waals surface area contributed by atoms with Gasteiger partial charge < -0.3 is 23.6 Å². The van der Waals surface area contributed by atoms with Crippen molar-refractivity contribution in [2.75, 3.05) is 26.8 Å². The zero-order chi connectivity index (χ0) is 28.6. The molecule has 3 aromatic carbocycles. The summed E-state index contributed by atoms with van der Waals surface area (Å²) in [5.74, 6) is 1.40. The summed E-state index contributed by atoms with van der Waals surface area (Å²) in [5.41, 5.74) is 4.15. The van der Waals surface area contributed by atoms with E-state index in [1.54, 1.807) is 6.07 Å². The quantitative estimate of drug-likeness (QED) is 0.106. The van der Waals surface area contributed by atoms with Crippen LogP contribution in [0, 0.1) is 5.82 Å². The first kappa shape index (κ1) is 28.6. The maximum Gasteiger partial charge on any atom is 0.262 e. The van der Waals surface area contributed by atoms with Crippen molar-refractivity contribution in [3.63, 3.8) is 0 Å². The van der Waals surface area contributed by atoms with Gasteiger partial charge in [-0.15, -0.1) is 0 Å². The molecule has 9 heteroatoms. The molecule has 0 N–H and O–H groups in total. The lowest BCUT2D eigenvalue weighted by molar-refractivity contribution is -0.181. The van der Waals surface area contributed by atoms with E-state index in [1.165, 1.54) is 19.2 Å². The molecule has 0 bridgehead atoms. The number of fused-ring (bicyclic) bond motifs is 1. The molecule has 1 aliphatic rings. The van der Waals surface area contributed by atoms with Crippen LogP contribution in [-0.4, -0.2) is 49.0 Å². The molecule has 4 aromatic rings. The zero-order valence-electron chi connectivity index (χ0n) is 23.7. The third kappa shape index (κ3) is 7.23. The average molecular weight is 562 g/mol. The second-order valence-corrected chi connectivity index (χ2v) is 10.1. The molecule has 1 atom stereocenters. The summed E-state index contributed by atoms with van der Waals surface area (Å²) in [7, 11) is 1.53. The number of piperidine rings is 1. The fourth-order valence-electron chi connectivity index (χ4n) is 5.02. The van der Waals surface area contributed by atoms with E-state index in [-0.39, 0.29) is 11.7 Å². The van der Waals surface area contributed by atoms with Gasteiger partial charge in [-0.2, -0.15) is 0 Å².